The van der Waals surface area contributed by atoms with Crippen LogP contribution >= 0.6 is 0 Å². The molecule has 2 rings (SSSR count). The van der Waals surface area contributed by atoms with Crippen LogP contribution in [0.3, 0.4) is 0 Å². The quantitative estimate of drug-likeness (QED) is 0.848. The fourth-order valence-corrected chi connectivity index (χ4v) is 2.62. The van der Waals surface area contributed by atoms with Crippen molar-refractivity contribution < 1.29 is 9.84 Å². The lowest BCUT2D eigenvalue weighted by molar-refractivity contribution is -0.00957. The van der Waals surface area contributed by atoms with Gasteiger partial charge in [0.25, 0.3) is 0 Å². The highest BCUT2D eigenvalue weighted by Crippen LogP contribution is 2.25. The number of hydrogen-bond donors (Lipinski definition) is 1. The Morgan fingerprint density at radius 2 is 1.70 bits per heavy atom. The van der Waals surface area contributed by atoms with Crippen molar-refractivity contribution in [3.05, 3.63) is 48.0 Å². The number of ether oxygens (including phenoxy) is 1. The number of fused-ring (bicyclic) bond motifs is 1. The minimum atomic E-state index is -0.573. The van der Waals surface area contributed by atoms with Gasteiger partial charge in [-0.3, -0.25) is 0 Å². The Morgan fingerprint density at radius 3 is 2.45 bits per heavy atom. The SMILES string of the molecule is CC(C)CC(C)OCC(O)c1cccc2ccccc12. The first-order chi connectivity index (χ1) is 9.58. The van der Waals surface area contributed by atoms with Crippen LogP contribution in [0.25, 0.3) is 10.8 Å². The van der Waals surface area contributed by atoms with Gasteiger partial charge in [-0.1, -0.05) is 56.3 Å². The van der Waals surface area contributed by atoms with Gasteiger partial charge in [0.1, 0.15) is 6.10 Å². The zero-order valence-electron chi connectivity index (χ0n) is 12.5. The van der Waals surface area contributed by atoms with E-state index in [1.165, 1.54) is 0 Å². The second kappa shape index (κ2) is 6.87. The third-order valence-corrected chi connectivity index (χ3v) is 3.52. The number of rotatable bonds is 6. The molecular formula is C18H24O2. The van der Waals surface area contributed by atoms with Crippen molar-refractivity contribution in [1.82, 2.24) is 0 Å². The highest BCUT2D eigenvalue weighted by atomic mass is 16.5. The Labute approximate surface area is 121 Å². The lowest BCUT2D eigenvalue weighted by Gasteiger charge is -2.19. The predicted molar refractivity (Wildman–Crippen MR) is 83.8 cm³/mol. The summed E-state index contributed by atoms with van der Waals surface area (Å²) in [4.78, 5) is 0. The van der Waals surface area contributed by atoms with Crippen LogP contribution in [-0.4, -0.2) is 17.8 Å². The van der Waals surface area contributed by atoms with Crippen LogP contribution in [0.5, 0.6) is 0 Å². The molecule has 0 bridgehead atoms. The van der Waals surface area contributed by atoms with E-state index in [4.69, 9.17) is 4.74 Å². The minimum absolute atomic E-state index is 0.180. The molecule has 2 aromatic carbocycles. The lowest BCUT2D eigenvalue weighted by atomic mass is 10.0. The maximum Gasteiger partial charge on any atom is 0.103 e. The first kappa shape index (κ1) is 15.0. The van der Waals surface area contributed by atoms with E-state index in [0.29, 0.717) is 12.5 Å². The summed E-state index contributed by atoms with van der Waals surface area (Å²) >= 11 is 0. The molecule has 0 spiro atoms. The zero-order valence-corrected chi connectivity index (χ0v) is 12.5. The van der Waals surface area contributed by atoms with Crippen molar-refractivity contribution in [3.63, 3.8) is 0 Å². The van der Waals surface area contributed by atoms with Gasteiger partial charge >= 0.3 is 0 Å². The van der Waals surface area contributed by atoms with Crippen LogP contribution in [-0.2, 0) is 4.74 Å². The van der Waals surface area contributed by atoms with E-state index in [-0.39, 0.29) is 6.10 Å². The molecule has 0 heterocycles. The van der Waals surface area contributed by atoms with Crippen LogP contribution in [0.4, 0.5) is 0 Å². The summed E-state index contributed by atoms with van der Waals surface area (Å²) in [6.45, 7) is 6.78. The van der Waals surface area contributed by atoms with Gasteiger partial charge in [-0.25, -0.2) is 0 Å². The van der Waals surface area contributed by atoms with E-state index in [0.717, 1.165) is 22.8 Å². The standard InChI is InChI=1S/C18H24O2/c1-13(2)11-14(3)20-12-18(19)17-10-6-8-15-7-4-5-9-16(15)17/h4-10,13-14,18-19H,11-12H2,1-3H3. The Hall–Kier alpha value is -1.38. The van der Waals surface area contributed by atoms with Crippen molar-refractivity contribution >= 4 is 10.8 Å². The summed E-state index contributed by atoms with van der Waals surface area (Å²) < 4.78 is 5.77. The molecule has 2 heteroatoms. The van der Waals surface area contributed by atoms with Gasteiger partial charge in [0, 0.05) is 0 Å². The Bertz CT molecular complexity index is 543. The third-order valence-electron chi connectivity index (χ3n) is 3.52. The maximum absolute atomic E-state index is 10.4. The number of hydrogen-bond acceptors (Lipinski definition) is 2. The zero-order chi connectivity index (χ0) is 14.5. The van der Waals surface area contributed by atoms with Crippen molar-refractivity contribution in [3.8, 4) is 0 Å². The Morgan fingerprint density at radius 1 is 1.00 bits per heavy atom. The van der Waals surface area contributed by atoms with Crippen molar-refractivity contribution in [2.45, 2.75) is 39.4 Å². The number of aliphatic hydroxyl groups excluding tert-OH is 1. The van der Waals surface area contributed by atoms with E-state index in [9.17, 15) is 5.11 Å². The van der Waals surface area contributed by atoms with Gasteiger partial charge in [0.15, 0.2) is 0 Å². The van der Waals surface area contributed by atoms with Crippen molar-refractivity contribution in [2.75, 3.05) is 6.61 Å². The average Bonchev–Trinajstić information content (AvgIpc) is 2.43. The molecule has 2 atom stereocenters. The average molecular weight is 272 g/mol. The summed E-state index contributed by atoms with van der Waals surface area (Å²) in [5.41, 5.74) is 0.944. The molecule has 0 aliphatic carbocycles. The molecule has 0 fully saturated rings. The molecule has 0 radical (unpaired) electrons. The maximum atomic E-state index is 10.4. The van der Waals surface area contributed by atoms with Gasteiger partial charge < -0.3 is 9.84 Å². The Balaban J connectivity index is 2.06. The second-order valence-electron chi connectivity index (χ2n) is 5.86. The van der Waals surface area contributed by atoms with Gasteiger partial charge in [-0.15, -0.1) is 0 Å². The molecule has 0 saturated carbocycles. The highest BCUT2D eigenvalue weighted by Gasteiger charge is 2.13. The molecule has 2 aromatic rings. The van der Waals surface area contributed by atoms with Gasteiger partial charge in [0.2, 0.25) is 0 Å². The highest BCUT2D eigenvalue weighted by molar-refractivity contribution is 5.85. The van der Waals surface area contributed by atoms with E-state index < -0.39 is 6.10 Å². The summed E-state index contributed by atoms with van der Waals surface area (Å²) in [6, 6.07) is 14.1. The van der Waals surface area contributed by atoms with E-state index in [2.05, 4.69) is 32.9 Å². The number of benzene rings is 2. The molecular weight excluding hydrogens is 248 g/mol. The fraction of sp³-hybridized carbons (Fsp3) is 0.444. The van der Waals surface area contributed by atoms with Gasteiger partial charge in [-0.2, -0.15) is 0 Å². The lowest BCUT2D eigenvalue weighted by Crippen LogP contribution is -2.16. The van der Waals surface area contributed by atoms with Crippen molar-refractivity contribution in [2.24, 2.45) is 5.92 Å². The van der Waals surface area contributed by atoms with E-state index in [1.807, 2.05) is 30.3 Å². The molecule has 2 nitrogen and oxygen atoms in total. The van der Waals surface area contributed by atoms with Crippen LogP contribution in [0.1, 0.15) is 38.9 Å². The van der Waals surface area contributed by atoms with Crippen LogP contribution in [0.2, 0.25) is 0 Å². The molecule has 20 heavy (non-hydrogen) atoms. The topological polar surface area (TPSA) is 29.5 Å². The van der Waals surface area contributed by atoms with Crippen LogP contribution in [0.15, 0.2) is 42.5 Å². The van der Waals surface area contributed by atoms with E-state index >= 15 is 0 Å². The first-order valence-electron chi connectivity index (χ1n) is 7.35. The minimum Gasteiger partial charge on any atom is -0.386 e. The monoisotopic (exact) mass is 272 g/mol. The van der Waals surface area contributed by atoms with Gasteiger partial charge in [-0.05, 0) is 35.6 Å². The summed E-state index contributed by atoms with van der Waals surface area (Å²) in [5.74, 6) is 0.611. The third kappa shape index (κ3) is 3.81. The molecule has 0 amide bonds. The normalized spacial score (nSPS) is 14.7. The second-order valence-corrected chi connectivity index (χ2v) is 5.86. The van der Waals surface area contributed by atoms with Gasteiger partial charge in [0.05, 0.1) is 12.7 Å². The molecule has 108 valence electrons. The van der Waals surface area contributed by atoms with Crippen molar-refractivity contribution in [1.29, 1.82) is 0 Å². The summed E-state index contributed by atoms with van der Waals surface area (Å²) in [5, 5.41) is 12.6. The number of aliphatic hydroxyl groups is 1. The molecule has 2 unspecified atom stereocenters. The summed E-state index contributed by atoms with van der Waals surface area (Å²) in [6.07, 6.45) is 0.623. The largest absolute Gasteiger partial charge is 0.386 e. The van der Waals surface area contributed by atoms with Crippen LogP contribution < -0.4 is 0 Å². The molecule has 0 saturated heterocycles. The Kier molecular flexibility index (Phi) is 5.16. The van der Waals surface area contributed by atoms with E-state index in [1.54, 1.807) is 0 Å². The molecule has 1 N–H and O–H groups in total. The molecule has 0 aromatic heterocycles. The fourth-order valence-electron chi connectivity index (χ4n) is 2.62. The summed E-state index contributed by atoms with van der Waals surface area (Å²) in [7, 11) is 0. The smallest absolute Gasteiger partial charge is 0.103 e. The first-order valence-corrected chi connectivity index (χ1v) is 7.35. The molecule has 0 aliphatic heterocycles. The molecule has 0 aliphatic rings. The predicted octanol–water partition coefficient (Wildman–Crippen LogP) is 4.32. The van der Waals surface area contributed by atoms with Crippen LogP contribution in [0, 0.1) is 5.92 Å².